The van der Waals surface area contributed by atoms with Gasteiger partial charge >= 0.3 is 0 Å². The van der Waals surface area contributed by atoms with Crippen molar-refractivity contribution in [3.63, 3.8) is 0 Å². The van der Waals surface area contributed by atoms with Crippen molar-refractivity contribution in [3.8, 4) is 11.4 Å². The summed E-state index contributed by atoms with van der Waals surface area (Å²) in [7, 11) is 1.98. The molecule has 0 atom stereocenters. The SMILES string of the molecule is CNCCCc1c(C)nc(-c2ccccc2Br)nc1C. The second-order valence-electron chi connectivity index (χ2n) is 4.88. The first kappa shape index (κ1) is 15.1. The van der Waals surface area contributed by atoms with Gasteiger partial charge in [0.1, 0.15) is 0 Å². The molecule has 0 radical (unpaired) electrons. The van der Waals surface area contributed by atoms with Crippen LogP contribution in [0.5, 0.6) is 0 Å². The number of benzene rings is 1. The number of aryl methyl sites for hydroxylation is 2. The van der Waals surface area contributed by atoms with Gasteiger partial charge in [-0.25, -0.2) is 9.97 Å². The standard InChI is InChI=1S/C16H20BrN3/c1-11-13(8-6-10-18-3)12(2)20-16(19-11)14-7-4-5-9-15(14)17/h4-5,7,9,18H,6,8,10H2,1-3H3. The van der Waals surface area contributed by atoms with Crippen LogP contribution in [-0.4, -0.2) is 23.6 Å². The van der Waals surface area contributed by atoms with Crippen LogP contribution in [0.15, 0.2) is 28.7 Å². The molecule has 1 aromatic carbocycles. The average molecular weight is 334 g/mol. The zero-order chi connectivity index (χ0) is 14.5. The molecule has 2 aromatic rings. The van der Waals surface area contributed by atoms with E-state index in [2.05, 4.69) is 45.1 Å². The lowest BCUT2D eigenvalue weighted by Crippen LogP contribution is -2.10. The average Bonchev–Trinajstić information content (AvgIpc) is 2.42. The third-order valence-corrected chi connectivity index (χ3v) is 4.08. The molecular formula is C16H20BrN3. The van der Waals surface area contributed by atoms with Crippen molar-refractivity contribution in [1.29, 1.82) is 0 Å². The lowest BCUT2D eigenvalue weighted by Gasteiger charge is -2.11. The van der Waals surface area contributed by atoms with Crippen molar-refractivity contribution in [2.75, 3.05) is 13.6 Å². The first-order valence-electron chi connectivity index (χ1n) is 6.87. The van der Waals surface area contributed by atoms with Crippen LogP contribution in [0.1, 0.15) is 23.4 Å². The van der Waals surface area contributed by atoms with E-state index in [4.69, 9.17) is 0 Å². The summed E-state index contributed by atoms with van der Waals surface area (Å²) in [5, 5.41) is 3.17. The maximum atomic E-state index is 4.68. The van der Waals surface area contributed by atoms with Crippen molar-refractivity contribution in [2.45, 2.75) is 26.7 Å². The Bertz CT molecular complexity index is 573. The summed E-state index contributed by atoms with van der Waals surface area (Å²) in [4.78, 5) is 9.36. The number of nitrogens with one attached hydrogen (secondary N) is 1. The van der Waals surface area contributed by atoms with E-state index in [0.717, 1.165) is 46.6 Å². The molecule has 0 spiro atoms. The number of nitrogens with zero attached hydrogens (tertiary/aromatic N) is 2. The van der Waals surface area contributed by atoms with Gasteiger partial charge in [0.15, 0.2) is 5.82 Å². The third-order valence-electron chi connectivity index (χ3n) is 3.39. The highest BCUT2D eigenvalue weighted by Gasteiger charge is 2.11. The molecule has 0 aliphatic heterocycles. The van der Waals surface area contributed by atoms with E-state index in [1.807, 2.05) is 31.3 Å². The van der Waals surface area contributed by atoms with Gasteiger partial charge in [-0.2, -0.15) is 0 Å². The molecule has 0 saturated carbocycles. The second kappa shape index (κ2) is 6.95. The van der Waals surface area contributed by atoms with Gasteiger partial charge in [-0.05, 0) is 51.9 Å². The van der Waals surface area contributed by atoms with Crippen molar-refractivity contribution in [3.05, 3.63) is 45.7 Å². The Morgan fingerprint density at radius 2 is 1.75 bits per heavy atom. The highest BCUT2D eigenvalue weighted by molar-refractivity contribution is 9.10. The molecular weight excluding hydrogens is 314 g/mol. The molecule has 0 aliphatic rings. The predicted octanol–water partition coefficient (Wildman–Crippen LogP) is 3.67. The minimum Gasteiger partial charge on any atom is -0.320 e. The lowest BCUT2D eigenvalue weighted by molar-refractivity contribution is 0.715. The summed E-state index contributed by atoms with van der Waals surface area (Å²) >= 11 is 3.56. The Balaban J connectivity index is 2.33. The van der Waals surface area contributed by atoms with E-state index in [9.17, 15) is 0 Å². The van der Waals surface area contributed by atoms with Gasteiger partial charge in [0, 0.05) is 21.4 Å². The fraction of sp³-hybridized carbons (Fsp3) is 0.375. The van der Waals surface area contributed by atoms with Crippen LogP contribution in [0.25, 0.3) is 11.4 Å². The minimum atomic E-state index is 0.796. The molecule has 20 heavy (non-hydrogen) atoms. The monoisotopic (exact) mass is 333 g/mol. The Kier molecular flexibility index (Phi) is 5.26. The van der Waals surface area contributed by atoms with Gasteiger partial charge in [0.2, 0.25) is 0 Å². The summed E-state index contributed by atoms with van der Waals surface area (Å²) in [6.07, 6.45) is 2.13. The van der Waals surface area contributed by atoms with Gasteiger partial charge < -0.3 is 5.32 Å². The summed E-state index contributed by atoms with van der Waals surface area (Å²) < 4.78 is 1.03. The van der Waals surface area contributed by atoms with Gasteiger partial charge in [0.25, 0.3) is 0 Å². The van der Waals surface area contributed by atoms with Crippen LogP contribution >= 0.6 is 15.9 Å². The maximum Gasteiger partial charge on any atom is 0.160 e. The molecule has 0 bridgehead atoms. The largest absolute Gasteiger partial charge is 0.320 e. The number of rotatable bonds is 5. The Morgan fingerprint density at radius 1 is 1.10 bits per heavy atom. The zero-order valence-electron chi connectivity index (χ0n) is 12.2. The highest BCUT2D eigenvalue weighted by Crippen LogP contribution is 2.26. The minimum absolute atomic E-state index is 0.796. The summed E-state index contributed by atoms with van der Waals surface area (Å²) in [6, 6.07) is 8.07. The van der Waals surface area contributed by atoms with E-state index in [1.165, 1.54) is 5.56 Å². The van der Waals surface area contributed by atoms with Crippen molar-refractivity contribution in [1.82, 2.24) is 15.3 Å². The summed E-state index contributed by atoms with van der Waals surface area (Å²) in [6.45, 7) is 5.17. The quantitative estimate of drug-likeness (QED) is 0.848. The molecule has 1 aromatic heterocycles. The van der Waals surface area contributed by atoms with Crippen LogP contribution in [-0.2, 0) is 6.42 Å². The Hall–Kier alpha value is -1.26. The molecule has 106 valence electrons. The first-order valence-corrected chi connectivity index (χ1v) is 7.66. The van der Waals surface area contributed by atoms with Crippen LogP contribution in [0.2, 0.25) is 0 Å². The Labute approximate surface area is 129 Å². The second-order valence-corrected chi connectivity index (χ2v) is 5.74. The van der Waals surface area contributed by atoms with Crippen LogP contribution < -0.4 is 5.32 Å². The molecule has 4 heteroatoms. The van der Waals surface area contributed by atoms with E-state index in [0.29, 0.717) is 0 Å². The first-order chi connectivity index (χ1) is 9.63. The molecule has 0 unspecified atom stereocenters. The van der Waals surface area contributed by atoms with E-state index >= 15 is 0 Å². The topological polar surface area (TPSA) is 37.8 Å². The fourth-order valence-electron chi connectivity index (χ4n) is 2.31. The smallest absolute Gasteiger partial charge is 0.160 e. The van der Waals surface area contributed by atoms with Crippen molar-refractivity contribution < 1.29 is 0 Å². The third kappa shape index (κ3) is 3.44. The molecule has 3 nitrogen and oxygen atoms in total. The van der Waals surface area contributed by atoms with Crippen LogP contribution in [0, 0.1) is 13.8 Å². The normalized spacial score (nSPS) is 10.8. The highest BCUT2D eigenvalue weighted by atomic mass is 79.9. The summed E-state index contributed by atoms with van der Waals surface area (Å²) in [5.74, 6) is 0.796. The van der Waals surface area contributed by atoms with Gasteiger partial charge in [0.05, 0.1) is 0 Å². The van der Waals surface area contributed by atoms with E-state index in [-0.39, 0.29) is 0 Å². The maximum absolute atomic E-state index is 4.68. The van der Waals surface area contributed by atoms with Crippen molar-refractivity contribution >= 4 is 15.9 Å². The Morgan fingerprint density at radius 3 is 2.35 bits per heavy atom. The van der Waals surface area contributed by atoms with E-state index < -0.39 is 0 Å². The fourth-order valence-corrected chi connectivity index (χ4v) is 2.77. The number of hydrogen-bond donors (Lipinski definition) is 1. The zero-order valence-corrected chi connectivity index (χ0v) is 13.8. The number of hydrogen-bond acceptors (Lipinski definition) is 3. The molecule has 0 saturated heterocycles. The number of aromatic nitrogens is 2. The molecule has 0 fully saturated rings. The number of halogens is 1. The van der Waals surface area contributed by atoms with E-state index in [1.54, 1.807) is 0 Å². The molecule has 2 rings (SSSR count). The van der Waals surface area contributed by atoms with Crippen LogP contribution in [0.3, 0.4) is 0 Å². The van der Waals surface area contributed by atoms with Crippen molar-refractivity contribution in [2.24, 2.45) is 0 Å². The predicted molar refractivity (Wildman–Crippen MR) is 86.9 cm³/mol. The van der Waals surface area contributed by atoms with Gasteiger partial charge in [-0.1, -0.05) is 34.1 Å². The lowest BCUT2D eigenvalue weighted by atomic mass is 10.1. The molecule has 0 amide bonds. The van der Waals surface area contributed by atoms with Gasteiger partial charge in [-0.3, -0.25) is 0 Å². The summed E-state index contributed by atoms with van der Waals surface area (Å²) in [5.41, 5.74) is 4.48. The molecule has 1 heterocycles. The molecule has 0 aliphatic carbocycles. The van der Waals surface area contributed by atoms with Gasteiger partial charge in [-0.15, -0.1) is 0 Å². The van der Waals surface area contributed by atoms with Crippen LogP contribution in [0.4, 0.5) is 0 Å². The molecule has 1 N–H and O–H groups in total.